The zero-order chi connectivity index (χ0) is 18.7. The summed E-state index contributed by atoms with van der Waals surface area (Å²) in [4.78, 5) is 0. The van der Waals surface area contributed by atoms with Gasteiger partial charge in [-0.15, -0.1) is 10.2 Å². The average Bonchev–Trinajstić information content (AvgIpc) is 3.05. The Morgan fingerprint density at radius 3 is 2.73 bits per heavy atom. The Balaban J connectivity index is 1.76. The Kier molecular flexibility index (Phi) is 5.64. The first-order valence-electron chi connectivity index (χ1n) is 8.55. The molecule has 0 aliphatic rings. The van der Waals surface area contributed by atoms with Crippen LogP contribution in [0.1, 0.15) is 38.2 Å². The van der Waals surface area contributed by atoms with Gasteiger partial charge in [0, 0.05) is 12.7 Å². The van der Waals surface area contributed by atoms with Crippen LogP contribution in [0.2, 0.25) is 5.02 Å². The van der Waals surface area contributed by atoms with Gasteiger partial charge in [-0.1, -0.05) is 17.7 Å². The van der Waals surface area contributed by atoms with Crippen LogP contribution >= 0.6 is 11.6 Å². The van der Waals surface area contributed by atoms with Crippen LogP contribution in [0.3, 0.4) is 0 Å². The molecule has 1 aromatic carbocycles. The van der Waals surface area contributed by atoms with E-state index in [4.69, 9.17) is 21.1 Å². The molecular formula is C19H23ClN4O2. The minimum Gasteiger partial charge on any atom is -0.493 e. The molecule has 0 radical (unpaired) electrons. The predicted molar refractivity (Wildman–Crippen MR) is 102 cm³/mol. The monoisotopic (exact) mass is 374 g/mol. The van der Waals surface area contributed by atoms with Gasteiger partial charge in [0.2, 0.25) is 0 Å². The van der Waals surface area contributed by atoms with E-state index in [-0.39, 0.29) is 12.1 Å². The third-order valence-electron chi connectivity index (χ3n) is 3.98. The summed E-state index contributed by atoms with van der Waals surface area (Å²) < 4.78 is 13.2. The van der Waals surface area contributed by atoms with Crippen LogP contribution in [0, 0.1) is 0 Å². The van der Waals surface area contributed by atoms with Crippen LogP contribution in [0.15, 0.2) is 36.5 Å². The number of fused-ring (bicyclic) bond motifs is 1. The largest absolute Gasteiger partial charge is 0.493 e. The summed E-state index contributed by atoms with van der Waals surface area (Å²) in [5, 5.41) is 12.5. The summed E-state index contributed by atoms with van der Waals surface area (Å²) >= 11 is 6.39. The van der Waals surface area contributed by atoms with E-state index in [1.165, 1.54) is 0 Å². The van der Waals surface area contributed by atoms with Gasteiger partial charge in [0.15, 0.2) is 23.0 Å². The molecule has 0 fully saturated rings. The number of benzene rings is 1. The topological polar surface area (TPSA) is 60.7 Å². The summed E-state index contributed by atoms with van der Waals surface area (Å²) in [6.45, 7) is 6.57. The van der Waals surface area contributed by atoms with E-state index in [1.807, 2.05) is 54.8 Å². The fourth-order valence-corrected chi connectivity index (χ4v) is 3.02. The summed E-state index contributed by atoms with van der Waals surface area (Å²) in [6, 6.07) is 9.69. The van der Waals surface area contributed by atoms with E-state index in [1.54, 1.807) is 7.11 Å². The number of pyridine rings is 1. The van der Waals surface area contributed by atoms with Crippen molar-refractivity contribution in [1.82, 2.24) is 19.9 Å². The summed E-state index contributed by atoms with van der Waals surface area (Å²) in [5.41, 5.74) is 1.83. The second-order valence-corrected chi connectivity index (χ2v) is 6.77. The molecule has 2 aromatic heterocycles. The van der Waals surface area contributed by atoms with Crippen molar-refractivity contribution < 1.29 is 9.47 Å². The van der Waals surface area contributed by atoms with Gasteiger partial charge in [-0.2, -0.15) is 0 Å². The maximum Gasteiger partial charge on any atom is 0.180 e. The van der Waals surface area contributed by atoms with Crippen LogP contribution in [0.25, 0.3) is 5.65 Å². The number of nitrogens with zero attached hydrogens (tertiary/aromatic N) is 3. The maximum atomic E-state index is 6.39. The molecule has 26 heavy (non-hydrogen) atoms. The van der Waals surface area contributed by atoms with Gasteiger partial charge < -0.3 is 14.8 Å². The molecule has 3 rings (SSSR count). The Labute approximate surface area is 158 Å². The van der Waals surface area contributed by atoms with Crippen molar-refractivity contribution >= 4 is 17.2 Å². The lowest BCUT2D eigenvalue weighted by molar-refractivity contribution is 0.230. The smallest absolute Gasteiger partial charge is 0.180 e. The molecule has 0 amide bonds. The van der Waals surface area contributed by atoms with Gasteiger partial charge in [-0.05, 0) is 50.6 Å². The van der Waals surface area contributed by atoms with Crippen molar-refractivity contribution in [1.29, 1.82) is 0 Å². The van der Waals surface area contributed by atoms with Crippen molar-refractivity contribution in [3.8, 4) is 11.5 Å². The number of halogens is 1. The van der Waals surface area contributed by atoms with E-state index < -0.39 is 0 Å². The number of hydrogen-bond acceptors (Lipinski definition) is 5. The molecule has 0 saturated heterocycles. The van der Waals surface area contributed by atoms with E-state index in [0.717, 1.165) is 17.0 Å². The van der Waals surface area contributed by atoms with Crippen LogP contribution in [-0.2, 0) is 6.54 Å². The van der Waals surface area contributed by atoms with Crippen molar-refractivity contribution in [3.05, 3.63) is 52.9 Å². The van der Waals surface area contributed by atoms with Crippen molar-refractivity contribution in [2.45, 2.75) is 39.5 Å². The van der Waals surface area contributed by atoms with Crippen LogP contribution < -0.4 is 14.8 Å². The molecule has 0 aliphatic heterocycles. The van der Waals surface area contributed by atoms with Crippen molar-refractivity contribution in [3.63, 3.8) is 0 Å². The number of nitrogens with one attached hydrogen (secondary N) is 1. The van der Waals surface area contributed by atoms with Crippen molar-refractivity contribution in [2.75, 3.05) is 7.11 Å². The molecule has 3 aromatic rings. The van der Waals surface area contributed by atoms with E-state index in [0.29, 0.717) is 23.1 Å². The van der Waals surface area contributed by atoms with Crippen LogP contribution in [0.5, 0.6) is 11.5 Å². The highest BCUT2D eigenvalue weighted by Crippen LogP contribution is 2.37. The number of methoxy groups -OCH3 is 1. The van der Waals surface area contributed by atoms with E-state index >= 15 is 0 Å². The van der Waals surface area contributed by atoms with Crippen molar-refractivity contribution in [2.24, 2.45) is 0 Å². The molecule has 0 aliphatic carbocycles. The maximum absolute atomic E-state index is 6.39. The summed E-state index contributed by atoms with van der Waals surface area (Å²) in [7, 11) is 1.61. The first-order valence-corrected chi connectivity index (χ1v) is 8.93. The second kappa shape index (κ2) is 7.93. The zero-order valence-corrected chi connectivity index (χ0v) is 16.1. The molecular weight excluding hydrogens is 352 g/mol. The van der Waals surface area contributed by atoms with Crippen LogP contribution in [-0.4, -0.2) is 27.8 Å². The molecule has 1 N–H and O–H groups in total. The van der Waals surface area contributed by atoms with Gasteiger partial charge in [0.05, 0.1) is 24.3 Å². The van der Waals surface area contributed by atoms with Gasteiger partial charge in [-0.3, -0.25) is 4.40 Å². The first kappa shape index (κ1) is 18.5. The number of hydrogen-bond donors (Lipinski definition) is 1. The highest BCUT2D eigenvalue weighted by molar-refractivity contribution is 6.32. The molecule has 0 spiro atoms. The minimum absolute atomic E-state index is 0.0174. The number of ether oxygens (including phenoxy) is 2. The summed E-state index contributed by atoms with van der Waals surface area (Å²) in [6.07, 6.45) is 1.98. The molecule has 0 saturated carbocycles. The number of rotatable bonds is 7. The molecule has 138 valence electrons. The minimum atomic E-state index is 0.0174. The molecule has 6 nitrogen and oxygen atoms in total. The van der Waals surface area contributed by atoms with Gasteiger partial charge in [0.25, 0.3) is 0 Å². The van der Waals surface area contributed by atoms with Crippen LogP contribution in [0.4, 0.5) is 0 Å². The Hall–Kier alpha value is -2.31. The standard InChI is InChI=1S/C19H23ClN4O2/c1-12(2)26-18-15(20)9-14(10-16(18)25-4)11-21-13(3)19-23-22-17-7-5-6-8-24(17)19/h5-10,12-13,21H,11H2,1-4H3. The zero-order valence-electron chi connectivity index (χ0n) is 15.4. The van der Waals surface area contributed by atoms with Gasteiger partial charge in [-0.25, -0.2) is 0 Å². The summed E-state index contributed by atoms with van der Waals surface area (Å²) in [5.74, 6) is 2.06. The fraction of sp³-hybridized carbons (Fsp3) is 0.368. The molecule has 0 bridgehead atoms. The Morgan fingerprint density at radius 1 is 1.19 bits per heavy atom. The molecule has 7 heteroatoms. The third kappa shape index (κ3) is 3.92. The Morgan fingerprint density at radius 2 is 2.00 bits per heavy atom. The highest BCUT2D eigenvalue weighted by atomic mass is 35.5. The lowest BCUT2D eigenvalue weighted by Crippen LogP contribution is -2.20. The molecule has 2 heterocycles. The van der Waals surface area contributed by atoms with Gasteiger partial charge >= 0.3 is 0 Å². The SMILES string of the molecule is COc1cc(CNC(C)c2nnc3ccccn23)cc(Cl)c1OC(C)C. The highest BCUT2D eigenvalue weighted by Gasteiger charge is 2.16. The van der Waals surface area contributed by atoms with Gasteiger partial charge in [0.1, 0.15) is 0 Å². The van der Waals surface area contributed by atoms with E-state index in [9.17, 15) is 0 Å². The average molecular weight is 375 g/mol. The normalized spacial score (nSPS) is 12.5. The Bertz CT molecular complexity index is 894. The molecule has 1 unspecified atom stereocenters. The predicted octanol–water partition coefficient (Wildman–Crippen LogP) is 4.03. The lowest BCUT2D eigenvalue weighted by atomic mass is 10.1. The van der Waals surface area contributed by atoms with E-state index in [2.05, 4.69) is 22.4 Å². The first-order chi connectivity index (χ1) is 12.5. The third-order valence-corrected chi connectivity index (χ3v) is 4.26. The second-order valence-electron chi connectivity index (χ2n) is 6.37. The molecule has 1 atom stereocenters. The number of aromatic nitrogens is 3. The lowest BCUT2D eigenvalue weighted by Gasteiger charge is -2.17. The fourth-order valence-electron chi connectivity index (χ4n) is 2.74. The quantitative estimate of drug-likeness (QED) is 0.676.